The van der Waals surface area contributed by atoms with Crippen molar-refractivity contribution in [2.24, 2.45) is 5.92 Å². The van der Waals surface area contributed by atoms with Gasteiger partial charge in [0.05, 0.1) is 19.1 Å². The number of Topliss-reactive ketones (excluding diaryl/α,β-unsaturated/α-hetero) is 1. The number of urea groups is 1. The number of rotatable bonds is 4. The van der Waals surface area contributed by atoms with E-state index in [1.54, 1.807) is 25.3 Å². The van der Waals surface area contributed by atoms with E-state index in [1.165, 1.54) is 0 Å². The Kier molecular flexibility index (Phi) is 4.33. The van der Waals surface area contributed by atoms with Gasteiger partial charge in [0.25, 0.3) is 0 Å². The van der Waals surface area contributed by atoms with Crippen molar-refractivity contribution in [2.75, 3.05) is 7.11 Å². The van der Waals surface area contributed by atoms with Gasteiger partial charge in [-0.15, -0.1) is 0 Å². The van der Waals surface area contributed by atoms with Crippen molar-refractivity contribution in [3.8, 4) is 5.75 Å². The van der Waals surface area contributed by atoms with Crippen LogP contribution in [-0.4, -0.2) is 18.9 Å². The van der Waals surface area contributed by atoms with Crippen LogP contribution in [0.15, 0.2) is 66.9 Å². The predicted molar refractivity (Wildman–Crippen MR) is 90.8 cm³/mol. The van der Waals surface area contributed by atoms with Crippen LogP contribution in [0.1, 0.15) is 22.0 Å². The summed E-state index contributed by atoms with van der Waals surface area (Å²) >= 11 is 0. The normalized spacial score (nSPS) is 20.0. The maximum Gasteiger partial charge on any atom is 0.319 e. The van der Waals surface area contributed by atoms with Gasteiger partial charge in [0, 0.05) is 16.8 Å². The third kappa shape index (κ3) is 2.88. The van der Waals surface area contributed by atoms with Gasteiger partial charge in [-0.2, -0.15) is 0 Å². The maximum absolute atomic E-state index is 13.0. The monoisotopic (exact) mass is 322 g/mol. The number of para-hydroxylation sites is 1. The van der Waals surface area contributed by atoms with Crippen molar-refractivity contribution < 1.29 is 14.3 Å². The SMILES string of the molecule is C=C1NC(=O)N[C@H](c2ccccc2OC)[C@H]1C(=O)c1ccccc1. The molecule has 0 unspecified atom stereocenters. The van der Waals surface area contributed by atoms with Gasteiger partial charge in [0.2, 0.25) is 0 Å². The summed E-state index contributed by atoms with van der Waals surface area (Å²) in [7, 11) is 1.56. The number of ketones is 1. The van der Waals surface area contributed by atoms with Crippen molar-refractivity contribution >= 4 is 11.8 Å². The van der Waals surface area contributed by atoms with Crippen LogP contribution in [-0.2, 0) is 0 Å². The van der Waals surface area contributed by atoms with Crippen molar-refractivity contribution in [3.05, 3.63) is 78.0 Å². The molecule has 24 heavy (non-hydrogen) atoms. The summed E-state index contributed by atoms with van der Waals surface area (Å²) in [5, 5.41) is 5.44. The van der Waals surface area contributed by atoms with E-state index in [0.717, 1.165) is 5.56 Å². The average molecular weight is 322 g/mol. The van der Waals surface area contributed by atoms with Crippen LogP contribution in [0.2, 0.25) is 0 Å². The molecule has 1 heterocycles. The zero-order valence-corrected chi connectivity index (χ0v) is 13.3. The Balaban J connectivity index is 2.05. The lowest BCUT2D eigenvalue weighted by Gasteiger charge is -2.34. The fourth-order valence-electron chi connectivity index (χ4n) is 2.96. The number of methoxy groups -OCH3 is 1. The molecule has 1 aliphatic rings. The maximum atomic E-state index is 13.0. The second-order valence-electron chi connectivity index (χ2n) is 5.55. The first-order valence-corrected chi connectivity index (χ1v) is 7.60. The molecule has 1 aliphatic heterocycles. The summed E-state index contributed by atoms with van der Waals surface area (Å²) in [5.74, 6) is -0.117. The first kappa shape index (κ1) is 15.8. The van der Waals surface area contributed by atoms with Crippen LogP contribution >= 0.6 is 0 Å². The molecule has 1 saturated heterocycles. The largest absolute Gasteiger partial charge is 0.496 e. The Morgan fingerprint density at radius 2 is 1.75 bits per heavy atom. The molecule has 2 N–H and O–H groups in total. The van der Waals surface area contributed by atoms with E-state index >= 15 is 0 Å². The molecule has 0 spiro atoms. The molecule has 0 radical (unpaired) electrons. The van der Waals surface area contributed by atoms with Crippen molar-refractivity contribution in [1.29, 1.82) is 0 Å². The summed E-state index contributed by atoms with van der Waals surface area (Å²) in [6, 6.07) is 15.4. The fourth-order valence-corrected chi connectivity index (χ4v) is 2.96. The summed E-state index contributed by atoms with van der Waals surface area (Å²) in [6.07, 6.45) is 0. The molecule has 2 aromatic rings. The third-order valence-electron chi connectivity index (χ3n) is 4.08. The highest BCUT2D eigenvalue weighted by atomic mass is 16.5. The topological polar surface area (TPSA) is 67.4 Å². The minimum atomic E-state index is -0.624. The minimum Gasteiger partial charge on any atom is -0.496 e. The zero-order chi connectivity index (χ0) is 17.1. The molecule has 0 saturated carbocycles. The standard InChI is InChI=1S/C19H18N2O3/c1-12-16(18(22)13-8-4-3-5-9-13)17(21-19(23)20-12)14-10-6-7-11-15(14)24-2/h3-11,16-17H,1H2,2H3,(H2,20,21,23)/t16-,17+/m0/s1. The smallest absolute Gasteiger partial charge is 0.319 e. The van der Waals surface area contributed by atoms with E-state index < -0.39 is 12.0 Å². The number of nitrogens with one attached hydrogen (secondary N) is 2. The van der Waals surface area contributed by atoms with Gasteiger partial charge in [-0.25, -0.2) is 4.79 Å². The lowest BCUT2D eigenvalue weighted by molar-refractivity contribution is 0.0904. The summed E-state index contributed by atoms with van der Waals surface area (Å²) in [4.78, 5) is 24.9. The van der Waals surface area contributed by atoms with Gasteiger partial charge in [-0.05, 0) is 6.07 Å². The Bertz CT molecular complexity index is 786. The van der Waals surface area contributed by atoms with Gasteiger partial charge < -0.3 is 15.4 Å². The minimum absolute atomic E-state index is 0.107. The van der Waals surface area contributed by atoms with Gasteiger partial charge >= 0.3 is 6.03 Å². The highest BCUT2D eigenvalue weighted by molar-refractivity contribution is 6.01. The molecule has 2 amide bonds. The number of ether oxygens (including phenoxy) is 1. The molecular weight excluding hydrogens is 304 g/mol. The second-order valence-corrected chi connectivity index (χ2v) is 5.55. The van der Waals surface area contributed by atoms with Crippen LogP contribution in [0.5, 0.6) is 5.75 Å². The van der Waals surface area contributed by atoms with E-state index in [2.05, 4.69) is 17.2 Å². The van der Waals surface area contributed by atoms with E-state index in [4.69, 9.17) is 4.74 Å². The van der Waals surface area contributed by atoms with Crippen molar-refractivity contribution in [2.45, 2.75) is 6.04 Å². The molecule has 1 fully saturated rings. The molecular formula is C19H18N2O3. The lowest BCUT2D eigenvalue weighted by Crippen LogP contribution is -2.50. The molecule has 5 nitrogen and oxygen atoms in total. The zero-order valence-electron chi connectivity index (χ0n) is 13.3. The van der Waals surface area contributed by atoms with E-state index in [0.29, 0.717) is 17.0 Å². The van der Waals surface area contributed by atoms with Crippen molar-refractivity contribution in [3.63, 3.8) is 0 Å². The van der Waals surface area contributed by atoms with Gasteiger partial charge in [-0.3, -0.25) is 4.79 Å². The fraction of sp³-hybridized carbons (Fsp3) is 0.158. The van der Waals surface area contributed by atoms with Gasteiger partial charge in [-0.1, -0.05) is 55.1 Å². The van der Waals surface area contributed by atoms with Gasteiger partial charge in [0.1, 0.15) is 5.75 Å². The molecule has 2 aromatic carbocycles. The number of amides is 2. The molecule has 0 bridgehead atoms. The molecule has 122 valence electrons. The highest BCUT2D eigenvalue weighted by Crippen LogP contribution is 2.36. The quantitative estimate of drug-likeness (QED) is 0.850. The Morgan fingerprint density at radius 1 is 1.08 bits per heavy atom. The first-order chi connectivity index (χ1) is 11.6. The van der Waals surface area contributed by atoms with Crippen LogP contribution < -0.4 is 15.4 Å². The number of carbonyl (C=O) groups excluding carboxylic acids is 2. The van der Waals surface area contributed by atoms with Gasteiger partial charge in [0.15, 0.2) is 5.78 Å². The first-order valence-electron chi connectivity index (χ1n) is 7.60. The summed E-state index contributed by atoms with van der Waals surface area (Å²) < 4.78 is 5.39. The van der Waals surface area contributed by atoms with Crippen molar-refractivity contribution in [1.82, 2.24) is 10.6 Å². The van der Waals surface area contributed by atoms with Crippen LogP contribution in [0.25, 0.3) is 0 Å². The Morgan fingerprint density at radius 3 is 2.46 bits per heavy atom. The lowest BCUT2D eigenvalue weighted by atomic mass is 9.83. The van der Waals surface area contributed by atoms with E-state index in [9.17, 15) is 9.59 Å². The predicted octanol–water partition coefficient (Wildman–Crippen LogP) is 3.06. The highest BCUT2D eigenvalue weighted by Gasteiger charge is 2.39. The molecule has 0 aliphatic carbocycles. The number of carbonyl (C=O) groups is 2. The molecule has 3 rings (SSSR count). The third-order valence-corrected chi connectivity index (χ3v) is 4.08. The number of benzene rings is 2. The Labute approximate surface area is 140 Å². The number of hydrogen-bond donors (Lipinski definition) is 2. The molecule has 2 atom stereocenters. The summed E-state index contributed by atoms with van der Waals surface area (Å²) in [6.45, 7) is 3.89. The van der Waals surface area contributed by atoms with Crippen LogP contribution in [0.3, 0.4) is 0 Å². The molecule has 5 heteroatoms. The van der Waals surface area contributed by atoms with Crippen LogP contribution in [0.4, 0.5) is 4.79 Å². The van der Waals surface area contributed by atoms with Crippen LogP contribution in [0, 0.1) is 5.92 Å². The average Bonchev–Trinajstić information content (AvgIpc) is 2.61. The van der Waals surface area contributed by atoms with E-state index in [-0.39, 0.29) is 11.8 Å². The van der Waals surface area contributed by atoms with E-state index in [1.807, 2.05) is 36.4 Å². The molecule has 0 aromatic heterocycles. The number of hydrogen-bond acceptors (Lipinski definition) is 3. The Hall–Kier alpha value is -3.08. The second kappa shape index (κ2) is 6.58. The summed E-state index contributed by atoms with van der Waals surface area (Å²) in [5.41, 5.74) is 1.69.